The molecule has 4 N–H and O–H groups in total. The van der Waals surface area contributed by atoms with Gasteiger partial charge in [0.2, 0.25) is 0 Å². The van der Waals surface area contributed by atoms with Gasteiger partial charge in [-0.15, -0.1) is 0 Å². The van der Waals surface area contributed by atoms with Crippen molar-refractivity contribution in [2.24, 2.45) is 0 Å². The molecule has 0 bridgehead atoms. The van der Waals surface area contributed by atoms with Crippen molar-refractivity contribution in [3.05, 3.63) is 0 Å². The van der Waals surface area contributed by atoms with Gasteiger partial charge in [-0.1, -0.05) is 13.3 Å². The second-order valence-corrected chi connectivity index (χ2v) is 4.36. The Morgan fingerprint density at radius 1 is 0.800 bits per heavy atom. The van der Waals surface area contributed by atoms with Crippen LogP contribution in [0.1, 0.15) is 39.0 Å². The van der Waals surface area contributed by atoms with Crippen molar-refractivity contribution >= 4 is 0 Å². The average Bonchev–Trinajstić information content (AvgIpc) is 2.47. The first kappa shape index (κ1) is 22.0. The Labute approximate surface area is 122 Å². The van der Waals surface area contributed by atoms with Crippen molar-refractivity contribution in [2.45, 2.75) is 45.1 Å². The fraction of sp³-hybridized carbons (Fsp3) is 1.00. The Hall–Kier alpha value is -0.240. The van der Waals surface area contributed by atoms with E-state index in [-0.39, 0.29) is 19.8 Å². The van der Waals surface area contributed by atoms with Crippen LogP contribution in [0.3, 0.4) is 0 Å². The molecule has 0 aromatic carbocycles. The fourth-order valence-electron chi connectivity index (χ4n) is 1.22. The zero-order valence-electron chi connectivity index (χ0n) is 12.7. The van der Waals surface area contributed by atoms with E-state index in [2.05, 4.69) is 6.92 Å². The monoisotopic (exact) mass is 296 g/mol. The predicted molar refractivity (Wildman–Crippen MR) is 77.7 cm³/mol. The summed E-state index contributed by atoms with van der Waals surface area (Å²) in [6, 6.07) is 0. The van der Waals surface area contributed by atoms with E-state index in [1.54, 1.807) is 0 Å². The lowest BCUT2D eigenvalue weighted by Crippen LogP contribution is -2.11. The summed E-state index contributed by atoms with van der Waals surface area (Å²) in [5.41, 5.74) is 0. The topological polar surface area (TPSA) is 99.4 Å². The number of aliphatic hydroxyl groups is 4. The summed E-state index contributed by atoms with van der Waals surface area (Å²) < 4.78 is 10.2. The number of aliphatic hydroxyl groups excluding tert-OH is 4. The molecule has 0 saturated heterocycles. The lowest BCUT2D eigenvalue weighted by molar-refractivity contribution is 0.0324. The number of ether oxygens (including phenoxy) is 2. The van der Waals surface area contributed by atoms with E-state index in [0.717, 1.165) is 25.9 Å². The molecule has 6 nitrogen and oxygen atoms in total. The van der Waals surface area contributed by atoms with Crippen molar-refractivity contribution in [3.8, 4) is 0 Å². The van der Waals surface area contributed by atoms with Crippen LogP contribution in [-0.2, 0) is 9.47 Å². The highest BCUT2D eigenvalue weighted by molar-refractivity contribution is 4.51. The molecule has 0 spiro atoms. The standard InChI is InChI=1S/C8H18O3.C6H14O3/c1-2-3-5-10-7-8-11-6-4-9;7-4-2-1-3-6(9)5-8/h9H,2-8H2,1H3;6-9H,1-5H2. The molecule has 0 aromatic rings. The number of rotatable bonds is 13. The third-order valence-electron chi connectivity index (χ3n) is 2.41. The van der Waals surface area contributed by atoms with Gasteiger partial charge in [0.05, 0.1) is 39.1 Å². The number of unbranched alkanes of at least 4 members (excludes halogenated alkanes) is 2. The molecule has 0 fully saturated rings. The van der Waals surface area contributed by atoms with E-state index in [9.17, 15) is 0 Å². The van der Waals surface area contributed by atoms with Gasteiger partial charge in [-0.25, -0.2) is 0 Å². The molecule has 6 heteroatoms. The molecule has 124 valence electrons. The Balaban J connectivity index is 0. The Kier molecular flexibility index (Phi) is 23.2. The third-order valence-corrected chi connectivity index (χ3v) is 2.41. The zero-order valence-corrected chi connectivity index (χ0v) is 12.7. The van der Waals surface area contributed by atoms with E-state index >= 15 is 0 Å². The molecule has 20 heavy (non-hydrogen) atoms. The maximum atomic E-state index is 8.75. The van der Waals surface area contributed by atoms with Crippen LogP contribution in [0.15, 0.2) is 0 Å². The highest BCUT2D eigenvalue weighted by Gasteiger charge is 1.99. The summed E-state index contributed by atoms with van der Waals surface area (Å²) in [5, 5.41) is 33.7. The van der Waals surface area contributed by atoms with E-state index in [1.807, 2.05) is 0 Å². The van der Waals surface area contributed by atoms with Crippen molar-refractivity contribution in [3.63, 3.8) is 0 Å². The molecule has 0 aliphatic heterocycles. The van der Waals surface area contributed by atoms with E-state index in [1.165, 1.54) is 0 Å². The molecular formula is C14H32O6. The molecule has 0 aliphatic rings. The first-order valence-corrected chi connectivity index (χ1v) is 7.39. The van der Waals surface area contributed by atoms with Crippen LogP contribution in [-0.4, -0.2) is 72.8 Å². The van der Waals surface area contributed by atoms with Gasteiger partial charge in [0.1, 0.15) is 0 Å². The summed E-state index contributed by atoms with van der Waals surface area (Å²) in [6.07, 6.45) is 3.74. The predicted octanol–water partition coefficient (Wildman–Crippen LogP) is 0.314. The largest absolute Gasteiger partial charge is 0.396 e. The summed E-state index contributed by atoms with van der Waals surface area (Å²) in [6.45, 7) is 4.67. The van der Waals surface area contributed by atoms with E-state index in [0.29, 0.717) is 32.7 Å². The molecule has 1 unspecified atom stereocenters. The van der Waals surface area contributed by atoms with E-state index < -0.39 is 6.10 Å². The molecule has 1 atom stereocenters. The molecule has 0 aromatic heterocycles. The van der Waals surface area contributed by atoms with Gasteiger partial charge in [0, 0.05) is 13.2 Å². The average molecular weight is 296 g/mol. The third kappa shape index (κ3) is 22.9. The maximum absolute atomic E-state index is 8.75. The van der Waals surface area contributed by atoms with Crippen molar-refractivity contribution in [1.82, 2.24) is 0 Å². The van der Waals surface area contributed by atoms with Crippen LogP contribution in [0, 0.1) is 0 Å². The first-order valence-electron chi connectivity index (χ1n) is 7.39. The molecule has 0 aliphatic carbocycles. The normalized spacial score (nSPS) is 11.8. The van der Waals surface area contributed by atoms with E-state index in [4.69, 9.17) is 29.9 Å². The highest BCUT2D eigenvalue weighted by Crippen LogP contribution is 1.98. The molecule has 0 radical (unpaired) electrons. The summed E-state index contributed by atoms with van der Waals surface area (Å²) >= 11 is 0. The molecule has 0 heterocycles. The van der Waals surface area contributed by atoms with Gasteiger partial charge in [-0.2, -0.15) is 0 Å². The van der Waals surface area contributed by atoms with Crippen molar-refractivity contribution in [1.29, 1.82) is 0 Å². The highest BCUT2D eigenvalue weighted by atomic mass is 16.5. The van der Waals surface area contributed by atoms with Gasteiger partial charge < -0.3 is 29.9 Å². The summed E-state index contributed by atoms with van der Waals surface area (Å²) in [5.74, 6) is 0. The molecular weight excluding hydrogens is 264 g/mol. The summed E-state index contributed by atoms with van der Waals surface area (Å²) in [7, 11) is 0. The second-order valence-electron chi connectivity index (χ2n) is 4.36. The van der Waals surface area contributed by atoms with Gasteiger partial charge in [-0.05, 0) is 25.7 Å². The Morgan fingerprint density at radius 2 is 1.45 bits per heavy atom. The van der Waals surface area contributed by atoms with Gasteiger partial charge in [-0.3, -0.25) is 0 Å². The van der Waals surface area contributed by atoms with Crippen molar-refractivity contribution in [2.75, 3.05) is 46.2 Å². The van der Waals surface area contributed by atoms with Gasteiger partial charge in [0.15, 0.2) is 0 Å². The first-order chi connectivity index (χ1) is 9.72. The number of hydrogen-bond acceptors (Lipinski definition) is 6. The van der Waals surface area contributed by atoms with Crippen LogP contribution in [0.4, 0.5) is 0 Å². The van der Waals surface area contributed by atoms with Crippen LogP contribution in [0.25, 0.3) is 0 Å². The summed E-state index contributed by atoms with van der Waals surface area (Å²) in [4.78, 5) is 0. The minimum Gasteiger partial charge on any atom is -0.396 e. The quantitative estimate of drug-likeness (QED) is 0.365. The molecule has 0 amide bonds. The SMILES string of the molecule is CCCCOCCOCCO.OCCCCC(O)CO. The lowest BCUT2D eigenvalue weighted by atomic mass is 10.2. The van der Waals surface area contributed by atoms with Gasteiger partial charge >= 0.3 is 0 Å². The van der Waals surface area contributed by atoms with Crippen LogP contribution < -0.4 is 0 Å². The molecule has 0 saturated carbocycles. The lowest BCUT2D eigenvalue weighted by Gasteiger charge is -2.03. The minimum atomic E-state index is -0.600. The fourth-order valence-corrected chi connectivity index (χ4v) is 1.22. The zero-order chi connectivity index (χ0) is 15.5. The smallest absolute Gasteiger partial charge is 0.0771 e. The van der Waals surface area contributed by atoms with Gasteiger partial charge in [0.25, 0.3) is 0 Å². The van der Waals surface area contributed by atoms with Crippen LogP contribution >= 0.6 is 0 Å². The second kappa shape index (κ2) is 21.1. The Morgan fingerprint density at radius 3 is 1.95 bits per heavy atom. The van der Waals surface area contributed by atoms with Crippen molar-refractivity contribution < 1.29 is 29.9 Å². The molecule has 0 rings (SSSR count). The Bertz CT molecular complexity index is 149. The number of hydrogen-bond donors (Lipinski definition) is 4. The van der Waals surface area contributed by atoms with Crippen LogP contribution in [0.2, 0.25) is 0 Å². The minimum absolute atomic E-state index is 0.0922. The van der Waals surface area contributed by atoms with Crippen LogP contribution in [0.5, 0.6) is 0 Å². The maximum Gasteiger partial charge on any atom is 0.0771 e.